The number of carbonyl (C=O) groups is 2. The molecular formula is C25H18BrClN2O4S. The number of hydrogen-bond donors (Lipinski definition) is 1. The summed E-state index contributed by atoms with van der Waals surface area (Å²) < 4.78 is 6.83. The Morgan fingerprint density at radius 2 is 1.85 bits per heavy atom. The van der Waals surface area contributed by atoms with E-state index in [1.54, 1.807) is 37.4 Å². The molecule has 1 heterocycles. The second-order valence-electron chi connectivity index (χ2n) is 7.33. The van der Waals surface area contributed by atoms with Gasteiger partial charge in [0.05, 0.1) is 21.2 Å². The highest BCUT2D eigenvalue weighted by Gasteiger charge is 2.30. The lowest BCUT2D eigenvalue weighted by molar-refractivity contribution is -0.121. The fourth-order valence-electron chi connectivity index (χ4n) is 3.06. The van der Waals surface area contributed by atoms with Crippen molar-refractivity contribution in [2.75, 3.05) is 7.05 Å². The minimum Gasteiger partial charge on any atom is -0.487 e. The Hall–Kier alpha value is -3.07. The van der Waals surface area contributed by atoms with E-state index in [0.29, 0.717) is 33.1 Å². The molecule has 3 aromatic rings. The number of carboxylic acid groups (broad SMARTS) is 1. The number of likely N-dealkylation sites (N-methyl/N-ethyl adjacent to an activating group) is 1. The van der Waals surface area contributed by atoms with Crippen LogP contribution < -0.4 is 4.74 Å². The third kappa shape index (κ3) is 5.70. The lowest BCUT2D eigenvalue weighted by atomic mass is 10.2. The van der Waals surface area contributed by atoms with E-state index in [4.69, 9.17) is 21.4 Å². The minimum atomic E-state index is -1.00. The van der Waals surface area contributed by atoms with Gasteiger partial charge in [0.25, 0.3) is 5.91 Å². The van der Waals surface area contributed by atoms with Crippen LogP contribution in [0.4, 0.5) is 5.69 Å². The van der Waals surface area contributed by atoms with Crippen molar-refractivity contribution in [3.63, 3.8) is 0 Å². The van der Waals surface area contributed by atoms with Gasteiger partial charge in [-0.3, -0.25) is 9.69 Å². The van der Waals surface area contributed by atoms with E-state index in [1.165, 1.54) is 28.8 Å². The quantitative estimate of drug-likeness (QED) is 0.345. The van der Waals surface area contributed by atoms with E-state index in [0.717, 1.165) is 15.6 Å². The van der Waals surface area contributed by atoms with Crippen molar-refractivity contribution in [3.8, 4) is 5.75 Å². The Labute approximate surface area is 214 Å². The zero-order valence-corrected chi connectivity index (χ0v) is 21.0. The summed E-state index contributed by atoms with van der Waals surface area (Å²) in [5, 5.41) is 9.97. The van der Waals surface area contributed by atoms with Gasteiger partial charge in [0.15, 0.2) is 5.17 Å². The summed E-state index contributed by atoms with van der Waals surface area (Å²) in [6, 6.07) is 19.4. The van der Waals surface area contributed by atoms with Crippen molar-refractivity contribution in [2.45, 2.75) is 6.61 Å². The van der Waals surface area contributed by atoms with Gasteiger partial charge < -0.3 is 9.84 Å². The second-order valence-corrected chi connectivity index (χ2v) is 9.66. The summed E-state index contributed by atoms with van der Waals surface area (Å²) in [4.78, 5) is 30.1. The summed E-state index contributed by atoms with van der Waals surface area (Å²) >= 11 is 11.1. The fourth-order valence-corrected chi connectivity index (χ4v) is 4.55. The van der Waals surface area contributed by atoms with Crippen LogP contribution in [-0.4, -0.2) is 34.1 Å². The Bertz CT molecular complexity index is 1310. The van der Waals surface area contributed by atoms with Crippen LogP contribution in [0.2, 0.25) is 5.02 Å². The van der Waals surface area contributed by atoms with Gasteiger partial charge in [0.1, 0.15) is 12.4 Å². The first-order valence-electron chi connectivity index (χ1n) is 10.1. The van der Waals surface area contributed by atoms with Gasteiger partial charge in [-0.15, -0.1) is 0 Å². The molecule has 0 radical (unpaired) electrons. The predicted octanol–water partition coefficient (Wildman–Crippen LogP) is 6.61. The maximum atomic E-state index is 12.7. The molecule has 0 atom stereocenters. The molecule has 1 fully saturated rings. The monoisotopic (exact) mass is 556 g/mol. The molecule has 34 heavy (non-hydrogen) atoms. The first-order valence-corrected chi connectivity index (χ1v) is 12.1. The van der Waals surface area contributed by atoms with Crippen LogP contribution in [-0.2, 0) is 11.4 Å². The number of amidine groups is 1. The average Bonchev–Trinajstić information content (AvgIpc) is 3.07. The number of carbonyl (C=O) groups excluding carboxylic acids is 1. The van der Waals surface area contributed by atoms with Gasteiger partial charge in [-0.05, 0) is 77.5 Å². The molecule has 1 saturated heterocycles. The average molecular weight is 558 g/mol. The van der Waals surface area contributed by atoms with Crippen LogP contribution in [0.5, 0.6) is 5.75 Å². The van der Waals surface area contributed by atoms with E-state index < -0.39 is 5.97 Å². The summed E-state index contributed by atoms with van der Waals surface area (Å²) in [6.45, 7) is 0.389. The molecule has 1 aliphatic heterocycles. The largest absolute Gasteiger partial charge is 0.487 e. The van der Waals surface area contributed by atoms with Gasteiger partial charge in [0, 0.05) is 11.5 Å². The van der Waals surface area contributed by atoms with Crippen molar-refractivity contribution in [1.29, 1.82) is 0 Å². The number of aromatic carboxylic acids is 1. The maximum Gasteiger partial charge on any atom is 0.335 e. The number of aliphatic imine (C=N–C) groups is 1. The lowest BCUT2D eigenvalue weighted by Gasteiger charge is -2.09. The highest BCUT2D eigenvalue weighted by molar-refractivity contribution is 9.10. The van der Waals surface area contributed by atoms with E-state index in [9.17, 15) is 9.59 Å². The van der Waals surface area contributed by atoms with Crippen LogP contribution in [0.15, 0.2) is 81.1 Å². The molecule has 172 valence electrons. The molecule has 0 bridgehead atoms. The number of halogens is 2. The Balaban J connectivity index is 1.47. The van der Waals surface area contributed by atoms with E-state index in [2.05, 4.69) is 20.9 Å². The number of thioether (sulfide) groups is 1. The summed E-state index contributed by atoms with van der Waals surface area (Å²) in [7, 11) is 1.65. The zero-order valence-electron chi connectivity index (χ0n) is 17.9. The Morgan fingerprint density at radius 3 is 2.50 bits per heavy atom. The van der Waals surface area contributed by atoms with Crippen LogP contribution in [0.1, 0.15) is 21.5 Å². The SMILES string of the molecule is CN1C(=O)/C(=C/c2ccc(OCc3ccc(Br)cc3)c(Cl)c2)SC1=Nc1ccc(C(=O)O)cc1. The van der Waals surface area contributed by atoms with Gasteiger partial charge >= 0.3 is 5.97 Å². The molecular weight excluding hydrogens is 540 g/mol. The van der Waals surface area contributed by atoms with Gasteiger partial charge in [-0.25, -0.2) is 9.79 Å². The molecule has 0 saturated carbocycles. The second kappa shape index (κ2) is 10.5. The van der Waals surface area contributed by atoms with Gasteiger partial charge in [0.2, 0.25) is 0 Å². The first-order chi connectivity index (χ1) is 16.3. The minimum absolute atomic E-state index is 0.175. The number of carboxylic acids is 1. The number of benzene rings is 3. The molecule has 0 spiro atoms. The highest BCUT2D eigenvalue weighted by Crippen LogP contribution is 2.34. The number of hydrogen-bond acceptors (Lipinski definition) is 5. The molecule has 3 aromatic carbocycles. The topological polar surface area (TPSA) is 79.2 Å². The fraction of sp³-hybridized carbons (Fsp3) is 0.0800. The van der Waals surface area contributed by atoms with Crippen molar-refractivity contribution in [2.24, 2.45) is 4.99 Å². The predicted molar refractivity (Wildman–Crippen MR) is 139 cm³/mol. The number of nitrogens with zero attached hydrogens (tertiary/aromatic N) is 2. The summed E-state index contributed by atoms with van der Waals surface area (Å²) in [5.41, 5.74) is 2.51. The molecule has 4 rings (SSSR count). The van der Waals surface area contributed by atoms with Crippen LogP contribution in [0.3, 0.4) is 0 Å². The molecule has 0 aromatic heterocycles. The van der Waals surface area contributed by atoms with E-state index in [1.807, 2.05) is 30.3 Å². The number of amides is 1. The third-order valence-electron chi connectivity index (χ3n) is 4.90. The normalized spacial score (nSPS) is 15.9. The van der Waals surface area contributed by atoms with Gasteiger partial charge in [-0.1, -0.05) is 45.7 Å². The third-order valence-corrected chi connectivity index (χ3v) is 6.79. The Kier molecular flexibility index (Phi) is 7.41. The van der Waals surface area contributed by atoms with E-state index in [-0.39, 0.29) is 11.5 Å². The molecule has 0 aliphatic carbocycles. The summed E-state index contributed by atoms with van der Waals surface area (Å²) in [5.74, 6) is -0.630. The first kappa shape index (κ1) is 24.1. The molecule has 1 amide bonds. The zero-order chi connectivity index (χ0) is 24.2. The lowest BCUT2D eigenvalue weighted by Crippen LogP contribution is -2.23. The standard InChI is InChI=1S/C25H18BrClN2O4S/c1-29-23(30)22(34-25(29)28-19-9-5-17(6-10-19)24(31)32)13-16-4-11-21(20(27)12-16)33-14-15-2-7-18(26)8-3-15/h2-13H,14H2,1H3,(H,31,32)/b22-13-,28-25?. The number of rotatable bonds is 6. The molecule has 1 aliphatic rings. The van der Waals surface area contributed by atoms with Crippen molar-refractivity contribution in [1.82, 2.24) is 4.90 Å². The highest BCUT2D eigenvalue weighted by atomic mass is 79.9. The molecule has 1 N–H and O–H groups in total. The van der Waals surface area contributed by atoms with E-state index >= 15 is 0 Å². The van der Waals surface area contributed by atoms with Crippen LogP contribution in [0, 0.1) is 0 Å². The van der Waals surface area contributed by atoms with Crippen molar-refractivity contribution in [3.05, 3.63) is 97.8 Å². The molecule has 0 unspecified atom stereocenters. The van der Waals surface area contributed by atoms with Gasteiger partial charge in [-0.2, -0.15) is 0 Å². The smallest absolute Gasteiger partial charge is 0.335 e. The molecule has 9 heteroatoms. The summed E-state index contributed by atoms with van der Waals surface area (Å²) in [6.07, 6.45) is 1.75. The van der Waals surface area contributed by atoms with Crippen LogP contribution >= 0.6 is 39.3 Å². The Morgan fingerprint density at radius 1 is 1.15 bits per heavy atom. The maximum absolute atomic E-state index is 12.7. The molecule has 6 nitrogen and oxygen atoms in total. The van der Waals surface area contributed by atoms with Crippen molar-refractivity contribution >= 4 is 68.1 Å². The van der Waals surface area contributed by atoms with Crippen molar-refractivity contribution < 1.29 is 19.4 Å². The van der Waals surface area contributed by atoms with Crippen LogP contribution in [0.25, 0.3) is 6.08 Å². The number of ether oxygens (including phenoxy) is 1.